The van der Waals surface area contributed by atoms with Crippen LogP contribution in [0.1, 0.15) is 37.8 Å². The molecule has 1 amide bonds. The highest BCUT2D eigenvalue weighted by Crippen LogP contribution is 2.36. The van der Waals surface area contributed by atoms with Crippen LogP contribution in [0.4, 0.5) is 0 Å². The second-order valence-corrected chi connectivity index (χ2v) is 7.20. The van der Waals surface area contributed by atoms with Crippen LogP contribution in [-0.4, -0.2) is 65.4 Å². The second-order valence-electron chi connectivity index (χ2n) is 7.20. The summed E-state index contributed by atoms with van der Waals surface area (Å²) in [6.45, 7) is 6.49. The summed E-state index contributed by atoms with van der Waals surface area (Å²) in [5.41, 5.74) is 1.27. The molecule has 134 valence electrons. The highest BCUT2D eigenvalue weighted by atomic mass is 16.5. The number of piperidine rings is 1. The average molecular weight is 334 g/mol. The summed E-state index contributed by atoms with van der Waals surface area (Å²) >= 11 is 0. The molecule has 2 fully saturated rings. The zero-order valence-corrected chi connectivity index (χ0v) is 15.1. The van der Waals surface area contributed by atoms with Gasteiger partial charge in [0.1, 0.15) is 0 Å². The van der Waals surface area contributed by atoms with Crippen LogP contribution >= 0.6 is 0 Å². The topological polar surface area (TPSA) is 50.6 Å². The molecule has 3 atom stereocenters. The Bertz CT molecular complexity index is 553. The summed E-state index contributed by atoms with van der Waals surface area (Å²) < 4.78 is 7.25. The Morgan fingerprint density at radius 3 is 2.92 bits per heavy atom. The van der Waals surface area contributed by atoms with Crippen LogP contribution in [0.25, 0.3) is 0 Å². The second kappa shape index (κ2) is 7.66. The van der Waals surface area contributed by atoms with Gasteiger partial charge in [-0.2, -0.15) is 5.10 Å². The first-order chi connectivity index (χ1) is 11.6. The molecule has 24 heavy (non-hydrogen) atoms. The first-order valence-corrected chi connectivity index (χ1v) is 9.15. The molecule has 1 aromatic heterocycles. The first kappa shape index (κ1) is 17.4. The molecule has 6 nitrogen and oxygen atoms in total. The molecule has 3 heterocycles. The maximum absolute atomic E-state index is 12.6. The largest absolute Gasteiger partial charge is 0.381 e. The van der Waals surface area contributed by atoms with E-state index in [2.05, 4.69) is 23.1 Å². The van der Waals surface area contributed by atoms with Crippen LogP contribution in [0.15, 0.2) is 12.4 Å². The van der Waals surface area contributed by atoms with E-state index >= 15 is 0 Å². The Balaban J connectivity index is 1.72. The van der Waals surface area contributed by atoms with Crippen molar-refractivity contribution in [2.45, 2.75) is 32.2 Å². The van der Waals surface area contributed by atoms with Crippen LogP contribution in [0.5, 0.6) is 0 Å². The van der Waals surface area contributed by atoms with Crippen LogP contribution in [0.2, 0.25) is 0 Å². The predicted octanol–water partition coefficient (Wildman–Crippen LogP) is 1.69. The molecular weight excluding hydrogens is 304 g/mol. The molecule has 0 spiro atoms. The van der Waals surface area contributed by atoms with Crippen molar-refractivity contribution in [2.75, 3.05) is 39.9 Å². The van der Waals surface area contributed by atoms with E-state index in [4.69, 9.17) is 4.74 Å². The Kier molecular flexibility index (Phi) is 5.56. The normalized spacial score (nSPS) is 28.2. The van der Waals surface area contributed by atoms with Crippen molar-refractivity contribution >= 4 is 5.91 Å². The minimum absolute atomic E-state index is 0.0534. The quantitative estimate of drug-likeness (QED) is 0.822. The van der Waals surface area contributed by atoms with Gasteiger partial charge < -0.3 is 9.64 Å². The summed E-state index contributed by atoms with van der Waals surface area (Å²) in [4.78, 5) is 17.1. The smallest absolute Gasteiger partial charge is 0.227 e. The molecule has 0 radical (unpaired) electrons. The zero-order valence-electron chi connectivity index (χ0n) is 15.1. The Hall–Kier alpha value is -1.40. The van der Waals surface area contributed by atoms with Gasteiger partial charge in [0.25, 0.3) is 0 Å². The lowest BCUT2D eigenvalue weighted by atomic mass is 9.85. The molecule has 0 aliphatic carbocycles. The number of hydrogen-bond acceptors (Lipinski definition) is 4. The van der Waals surface area contributed by atoms with Crippen molar-refractivity contribution in [3.05, 3.63) is 18.0 Å². The molecule has 3 rings (SSSR count). The molecule has 1 aromatic rings. The van der Waals surface area contributed by atoms with Gasteiger partial charge in [0, 0.05) is 45.0 Å². The van der Waals surface area contributed by atoms with E-state index in [1.807, 2.05) is 29.9 Å². The zero-order chi connectivity index (χ0) is 17.1. The fraction of sp³-hybridized carbons (Fsp3) is 0.778. The van der Waals surface area contributed by atoms with Gasteiger partial charge in [-0.1, -0.05) is 6.92 Å². The Morgan fingerprint density at radius 2 is 2.29 bits per heavy atom. The number of likely N-dealkylation sites (tertiary alicyclic amines) is 1. The molecular formula is C18H30N4O2. The number of aromatic nitrogens is 2. The molecule has 0 N–H and O–H groups in total. The fourth-order valence-electron chi connectivity index (χ4n) is 4.26. The Morgan fingerprint density at radius 1 is 1.46 bits per heavy atom. The first-order valence-electron chi connectivity index (χ1n) is 9.15. The third kappa shape index (κ3) is 3.64. The number of hydrogen-bond donors (Lipinski definition) is 0. The van der Waals surface area contributed by atoms with E-state index in [1.165, 1.54) is 12.0 Å². The third-order valence-corrected chi connectivity index (χ3v) is 5.50. The average Bonchev–Trinajstić information content (AvgIpc) is 3.25. The third-order valence-electron chi connectivity index (χ3n) is 5.50. The number of carbonyl (C=O) groups excluding carboxylic acids is 1. The lowest BCUT2D eigenvalue weighted by Crippen LogP contribution is -2.45. The molecule has 2 aliphatic rings. The van der Waals surface area contributed by atoms with Crippen molar-refractivity contribution < 1.29 is 9.53 Å². The molecule has 2 saturated heterocycles. The van der Waals surface area contributed by atoms with Crippen molar-refractivity contribution in [1.29, 1.82) is 0 Å². The van der Waals surface area contributed by atoms with E-state index in [1.54, 1.807) is 0 Å². The van der Waals surface area contributed by atoms with E-state index in [0.29, 0.717) is 18.6 Å². The van der Waals surface area contributed by atoms with Gasteiger partial charge in [-0.25, -0.2) is 0 Å². The molecule has 0 saturated carbocycles. The van der Waals surface area contributed by atoms with Gasteiger partial charge in [-0.3, -0.25) is 14.4 Å². The van der Waals surface area contributed by atoms with Gasteiger partial charge in [0.15, 0.2) is 0 Å². The monoisotopic (exact) mass is 334 g/mol. The van der Waals surface area contributed by atoms with Crippen LogP contribution in [0.3, 0.4) is 0 Å². The number of ether oxygens (including phenoxy) is 1. The van der Waals surface area contributed by atoms with E-state index < -0.39 is 0 Å². The summed E-state index contributed by atoms with van der Waals surface area (Å²) in [6.07, 6.45) is 7.33. The maximum atomic E-state index is 12.6. The van der Waals surface area contributed by atoms with Crippen molar-refractivity contribution in [3.63, 3.8) is 0 Å². The summed E-state index contributed by atoms with van der Waals surface area (Å²) in [6, 6.07) is 0.354. The molecule has 0 unspecified atom stereocenters. The van der Waals surface area contributed by atoms with Crippen LogP contribution in [-0.2, 0) is 16.6 Å². The summed E-state index contributed by atoms with van der Waals surface area (Å²) in [7, 11) is 3.92. The molecule has 6 heteroatoms. The van der Waals surface area contributed by atoms with Gasteiger partial charge in [0.05, 0.1) is 18.7 Å². The number of amides is 1. The lowest BCUT2D eigenvalue weighted by Gasteiger charge is -2.42. The van der Waals surface area contributed by atoms with E-state index in [9.17, 15) is 4.79 Å². The SMILES string of the molecule is CCN1CCC[C@@H](CN(C)C(=O)[C@H]2CCOC2)[C@@H]1c1cnn(C)c1. The van der Waals surface area contributed by atoms with E-state index in [0.717, 1.165) is 39.1 Å². The Labute approximate surface area is 144 Å². The van der Waals surface area contributed by atoms with Gasteiger partial charge in [-0.15, -0.1) is 0 Å². The predicted molar refractivity (Wildman–Crippen MR) is 92.5 cm³/mol. The summed E-state index contributed by atoms with van der Waals surface area (Å²) in [5, 5.41) is 4.37. The number of nitrogens with zero attached hydrogens (tertiary/aromatic N) is 4. The molecule has 2 aliphatic heterocycles. The van der Waals surface area contributed by atoms with Crippen LogP contribution in [0, 0.1) is 11.8 Å². The molecule has 0 aromatic carbocycles. The van der Waals surface area contributed by atoms with E-state index in [-0.39, 0.29) is 11.8 Å². The maximum Gasteiger partial charge on any atom is 0.227 e. The minimum atomic E-state index is 0.0534. The highest BCUT2D eigenvalue weighted by molar-refractivity contribution is 5.79. The number of aryl methyl sites for hydroxylation is 1. The van der Waals surface area contributed by atoms with Crippen molar-refractivity contribution in [2.24, 2.45) is 18.9 Å². The molecule has 0 bridgehead atoms. The lowest BCUT2D eigenvalue weighted by molar-refractivity contribution is -0.135. The summed E-state index contributed by atoms with van der Waals surface area (Å²) in [5.74, 6) is 0.753. The fourth-order valence-corrected chi connectivity index (χ4v) is 4.26. The van der Waals surface area contributed by atoms with Gasteiger partial charge in [0.2, 0.25) is 5.91 Å². The highest BCUT2D eigenvalue weighted by Gasteiger charge is 2.35. The number of rotatable bonds is 5. The van der Waals surface area contributed by atoms with Gasteiger partial charge >= 0.3 is 0 Å². The van der Waals surface area contributed by atoms with Crippen LogP contribution < -0.4 is 0 Å². The number of carbonyl (C=O) groups is 1. The van der Waals surface area contributed by atoms with Gasteiger partial charge in [-0.05, 0) is 38.3 Å². The van der Waals surface area contributed by atoms with Crippen molar-refractivity contribution in [1.82, 2.24) is 19.6 Å². The van der Waals surface area contributed by atoms with Crippen molar-refractivity contribution in [3.8, 4) is 0 Å². The standard InChI is InChI=1S/C18H30N4O2/c1-4-22-8-5-6-14(17(22)16-10-19-21(3)12-16)11-20(2)18(23)15-7-9-24-13-15/h10,12,14-15,17H,4-9,11,13H2,1-3H3/t14-,15-,17+/m0/s1. The minimum Gasteiger partial charge on any atom is -0.381 e.